The van der Waals surface area contributed by atoms with Gasteiger partial charge >= 0.3 is 0 Å². The molecular formula is C16H24N6. The van der Waals surface area contributed by atoms with Gasteiger partial charge in [-0.15, -0.1) is 0 Å². The number of nitrogens with zero attached hydrogens (tertiary/aromatic N) is 6. The maximum Gasteiger partial charge on any atom is 0.163 e. The van der Waals surface area contributed by atoms with E-state index in [9.17, 15) is 0 Å². The van der Waals surface area contributed by atoms with Crippen LogP contribution in [0.15, 0.2) is 12.5 Å². The van der Waals surface area contributed by atoms with Crippen LogP contribution in [0.4, 0.5) is 5.82 Å². The summed E-state index contributed by atoms with van der Waals surface area (Å²) in [5, 5.41) is 5.71. The highest BCUT2D eigenvalue weighted by Crippen LogP contribution is 2.28. The van der Waals surface area contributed by atoms with Crippen molar-refractivity contribution in [2.75, 3.05) is 38.1 Å². The zero-order chi connectivity index (χ0) is 14.9. The molecule has 0 aromatic carbocycles. The Morgan fingerprint density at radius 3 is 2.64 bits per heavy atom. The average molecular weight is 300 g/mol. The molecule has 0 N–H and O–H groups in total. The summed E-state index contributed by atoms with van der Waals surface area (Å²) in [6, 6.07) is 0. The second-order valence-corrected chi connectivity index (χ2v) is 6.70. The highest BCUT2D eigenvalue weighted by atomic mass is 15.3. The Morgan fingerprint density at radius 1 is 1.09 bits per heavy atom. The van der Waals surface area contributed by atoms with Crippen molar-refractivity contribution in [3.63, 3.8) is 0 Å². The molecule has 4 rings (SSSR count). The maximum absolute atomic E-state index is 4.61. The van der Waals surface area contributed by atoms with E-state index in [1.807, 2.05) is 6.20 Å². The zero-order valence-corrected chi connectivity index (χ0v) is 13.3. The lowest BCUT2D eigenvalue weighted by atomic mass is 10.1. The minimum atomic E-state index is 0.769. The molecule has 1 saturated heterocycles. The topological polar surface area (TPSA) is 50.1 Å². The van der Waals surface area contributed by atoms with Gasteiger partial charge in [0.05, 0.1) is 11.6 Å². The lowest BCUT2D eigenvalue weighted by Gasteiger charge is -2.33. The van der Waals surface area contributed by atoms with Gasteiger partial charge in [-0.1, -0.05) is 12.8 Å². The fourth-order valence-electron chi connectivity index (χ4n) is 3.72. The third-order valence-electron chi connectivity index (χ3n) is 5.12. The van der Waals surface area contributed by atoms with Crippen molar-refractivity contribution >= 4 is 16.9 Å². The number of piperazine rings is 1. The second-order valence-electron chi connectivity index (χ2n) is 6.70. The van der Waals surface area contributed by atoms with Crippen LogP contribution < -0.4 is 4.90 Å². The van der Waals surface area contributed by atoms with Crippen molar-refractivity contribution < 1.29 is 0 Å². The average Bonchev–Trinajstić information content (AvgIpc) is 3.19. The van der Waals surface area contributed by atoms with Crippen molar-refractivity contribution in [1.82, 2.24) is 24.6 Å². The first-order valence-corrected chi connectivity index (χ1v) is 8.41. The molecule has 0 spiro atoms. The summed E-state index contributed by atoms with van der Waals surface area (Å²) in [4.78, 5) is 13.8. The predicted molar refractivity (Wildman–Crippen MR) is 87.0 cm³/mol. The Morgan fingerprint density at radius 2 is 1.86 bits per heavy atom. The molecule has 0 unspecified atom stereocenters. The molecule has 3 heterocycles. The third kappa shape index (κ3) is 2.56. The number of anilines is 1. The summed E-state index contributed by atoms with van der Waals surface area (Å²) >= 11 is 0. The number of fused-ring (bicyclic) bond motifs is 1. The quantitative estimate of drug-likeness (QED) is 0.864. The number of likely N-dealkylation sites (N-methyl/N-ethyl adjacent to an activating group) is 1. The highest BCUT2D eigenvalue weighted by molar-refractivity contribution is 5.86. The van der Waals surface area contributed by atoms with Crippen molar-refractivity contribution in [2.24, 2.45) is 5.92 Å². The van der Waals surface area contributed by atoms with Gasteiger partial charge in [-0.25, -0.2) is 14.6 Å². The minimum Gasteiger partial charge on any atom is -0.353 e. The number of hydrogen-bond acceptors (Lipinski definition) is 5. The van der Waals surface area contributed by atoms with Gasteiger partial charge in [-0.3, -0.25) is 0 Å². The first-order valence-electron chi connectivity index (χ1n) is 8.41. The van der Waals surface area contributed by atoms with Crippen LogP contribution in [0.25, 0.3) is 11.0 Å². The van der Waals surface area contributed by atoms with Crippen LogP contribution in [0.2, 0.25) is 0 Å². The van der Waals surface area contributed by atoms with Gasteiger partial charge in [0.2, 0.25) is 0 Å². The summed E-state index contributed by atoms with van der Waals surface area (Å²) in [7, 11) is 2.17. The SMILES string of the molecule is CN1CCN(c2ncnc3c2cnn3CC2CCCC2)CC1. The van der Waals surface area contributed by atoms with Crippen LogP contribution in [0.1, 0.15) is 25.7 Å². The van der Waals surface area contributed by atoms with Crippen molar-refractivity contribution in [3.05, 3.63) is 12.5 Å². The number of aromatic nitrogens is 4. The molecular weight excluding hydrogens is 276 g/mol. The van der Waals surface area contributed by atoms with Gasteiger partial charge in [0.1, 0.15) is 12.1 Å². The predicted octanol–water partition coefficient (Wildman–Crippen LogP) is 1.77. The zero-order valence-electron chi connectivity index (χ0n) is 13.3. The van der Waals surface area contributed by atoms with Crippen LogP contribution in [0, 0.1) is 5.92 Å². The van der Waals surface area contributed by atoms with E-state index < -0.39 is 0 Å². The Balaban J connectivity index is 1.61. The molecule has 0 atom stereocenters. The molecule has 22 heavy (non-hydrogen) atoms. The maximum atomic E-state index is 4.61. The second kappa shape index (κ2) is 5.83. The molecule has 0 radical (unpaired) electrons. The largest absolute Gasteiger partial charge is 0.353 e. The van der Waals surface area contributed by atoms with Gasteiger partial charge in [0.25, 0.3) is 0 Å². The lowest BCUT2D eigenvalue weighted by molar-refractivity contribution is 0.312. The molecule has 6 nitrogen and oxygen atoms in total. The minimum absolute atomic E-state index is 0.769. The normalized spacial score (nSPS) is 21.0. The van der Waals surface area contributed by atoms with Crippen molar-refractivity contribution in [1.29, 1.82) is 0 Å². The highest BCUT2D eigenvalue weighted by Gasteiger charge is 2.21. The van der Waals surface area contributed by atoms with Crippen LogP contribution >= 0.6 is 0 Å². The van der Waals surface area contributed by atoms with E-state index in [4.69, 9.17) is 0 Å². The molecule has 1 aliphatic carbocycles. The summed E-state index contributed by atoms with van der Waals surface area (Å²) in [6.07, 6.45) is 9.05. The van der Waals surface area contributed by atoms with E-state index in [-0.39, 0.29) is 0 Å². The van der Waals surface area contributed by atoms with E-state index in [2.05, 4.69) is 36.6 Å². The van der Waals surface area contributed by atoms with Crippen LogP contribution in [-0.4, -0.2) is 57.9 Å². The van der Waals surface area contributed by atoms with Crippen LogP contribution in [-0.2, 0) is 6.54 Å². The number of rotatable bonds is 3. The van der Waals surface area contributed by atoms with E-state index in [1.54, 1.807) is 6.33 Å². The first kappa shape index (κ1) is 13.9. The van der Waals surface area contributed by atoms with Gasteiger partial charge in [0, 0.05) is 32.7 Å². The number of hydrogen-bond donors (Lipinski definition) is 0. The Labute approximate surface area is 131 Å². The van der Waals surface area contributed by atoms with Crippen LogP contribution in [0.5, 0.6) is 0 Å². The van der Waals surface area contributed by atoms with Gasteiger partial charge in [-0.2, -0.15) is 5.10 Å². The van der Waals surface area contributed by atoms with E-state index in [0.29, 0.717) is 0 Å². The van der Waals surface area contributed by atoms with Gasteiger partial charge < -0.3 is 9.80 Å². The monoisotopic (exact) mass is 300 g/mol. The lowest BCUT2D eigenvalue weighted by Crippen LogP contribution is -2.44. The standard InChI is InChI=1S/C16H24N6/c1-20-6-8-21(9-7-20)15-14-10-19-22(16(14)18-12-17-15)11-13-4-2-3-5-13/h10,12-13H,2-9,11H2,1H3. The molecule has 0 bridgehead atoms. The van der Waals surface area contributed by atoms with E-state index in [0.717, 1.165) is 55.5 Å². The molecule has 6 heteroatoms. The fourth-order valence-corrected chi connectivity index (χ4v) is 3.72. The molecule has 2 aliphatic rings. The Hall–Kier alpha value is -1.69. The summed E-state index contributed by atoms with van der Waals surface area (Å²) in [5.74, 6) is 1.82. The molecule has 2 aromatic rings. The molecule has 118 valence electrons. The smallest absolute Gasteiger partial charge is 0.163 e. The van der Waals surface area contributed by atoms with Crippen molar-refractivity contribution in [3.8, 4) is 0 Å². The molecule has 1 aliphatic heterocycles. The van der Waals surface area contributed by atoms with Crippen LogP contribution in [0.3, 0.4) is 0 Å². The summed E-state index contributed by atoms with van der Waals surface area (Å²) < 4.78 is 2.09. The molecule has 1 saturated carbocycles. The first-order chi connectivity index (χ1) is 10.8. The Kier molecular flexibility index (Phi) is 3.70. The van der Waals surface area contributed by atoms with E-state index in [1.165, 1.54) is 25.7 Å². The molecule has 0 amide bonds. The summed E-state index contributed by atoms with van der Waals surface area (Å²) in [6.45, 7) is 5.22. The van der Waals surface area contributed by atoms with Gasteiger partial charge in [-0.05, 0) is 25.8 Å². The molecule has 2 aromatic heterocycles. The molecule has 2 fully saturated rings. The third-order valence-corrected chi connectivity index (χ3v) is 5.12. The fraction of sp³-hybridized carbons (Fsp3) is 0.688. The summed E-state index contributed by atoms with van der Waals surface area (Å²) in [5.41, 5.74) is 0.996. The Bertz CT molecular complexity index is 637. The van der Waals surface area contributed by atoms with Crippen molar-refractivity contribution in [2.45, 2.75) is 32.2 Å². The van der Waals surface area contributed by atoms with Gasteiger partial charge in [0.15, 0.2) is 5.65 Å². The van der Waals surface area contributed by atoms with E-state index >= 15 is 0 Å².